The molecule has 3 aromatic carbocycles. The van der Waals surface area contributed by atoms with E-state index in [2.05, 4.69) is 4.98 Å². The number of halogens is 1. The number of rotatable bonds is 18. The standard InChI is InChI=1S/C19H19N3O3S.C19H24N2O5S.C18H21ClN2O4S/c1-3-25-18(24)15-10-13-6-4-5-7-14(13)11-22(15)17(23)16-12(2)20-19-21(16)8-9-26-19;1-19(2,3)26-18(22)13-20(11-14-5-7-15(25-4)8-6-14)12-16-9-10-17(27-16)21(23)24;1-18(2,3)25-17(22)12-20(10-13-4-6-14(19)7-5-13)11-15-8-9-16(26-15)21(23)24/h4-9,15H,3,10-11H2,1-2H3;5-10H,11-13H2,1-4H3;4-9H,10-12H2,1-3H3. The van der Waals surface area contributed by atoms with Gasteiger partial charge in [0.15, 0.2) is 4.96 Å². The first-order chi connectivity index (χ1) is 37.4. The summed E-state index contributed by atoms with van der Waals surface area (Å²) in [7, 11) is 1.60. The molecule has 0 saturated heterocycles. The Morgan fingerprint density at radius 3 is 1.71 bits per heavy atom. The molecule has 0 bridgehead atoms. The maximum absolute atomic E-state index is 13.4. The number of nitrogens with zero attached hydrogens (tertiary/aromatic N) is 7. The molecular weight excluding hydrogens is 1090 g/mol. The van der Waals surface area contributed by atoms with Crippen LogP contribution in [0.25, 0.3) is 4.96 Å². The van der Waals surface area contributed by atoms with Gasteiger partial charge in [-0.2, -0.15) is 0 Å². The minimum atomic E-state index is -0.624. The van der Waals surface area contributed by atoms with Crippen LogP contribution >= 0.6 is 45.6 Å². The van der Waals surface area contributed by atoms with Crippen LogP contribution in [0.3, 0.4) is 0 Å². The van der Waals surface area contributed by atoms with E-state index in [0.29, 0.717) is 62.2 Å². The Labute approximate surface area is 475 Å². The number of imidazole rings is 1. The van der Waals surface area contributed by atoms with Crippen LogP contribution in [0.5, 0.6) is 5.75 Å². The number of nitro groups is 2. The fourth-order valence-electron chi connectivity index (χ4n) is 8.30. The quantitative estimate of drug-likeness (QED) is 0.0338. The summed E-state index contributed by atoms with van der Waals surface area (Å²) < 4.78 is 23.0. The Morgan fingerprint density at radius 2 is 1.24 bits per heavy atom. The van der Waals surface area contributed by atoms with Crippen LogP contribution in [0.1, 0.15) is 96.7 Å². The molecule has 1 amide bonds. The van der Waals surface area contributed by atoms with Crippen molar-refractivity contribution in [3.63, 3.8) is 0 Å². The predicted molar refractivity (Wildman–Crippen MR) is 305 cm³/mol. The Morgan fingerprint density at radius 1 is 0.734 bits per heavy atom. The molecular formula is C56H64ClN7O12S3. The fraction of sp³-hybridized carbons (Fsp3) is 0.375. The minimum absolute atomic E-state index is 0.0868. The third-order valence-corrected chi connectivity index (χ3v) is 14.6. The maximum Gasteiger partial charge on any atom is 0.329 e. The third kappa shape index (κ3) is 18.5. The zero-order valence-electron chi connectivity index (χ0n) is 45.5. The number of esters is 3. The molecule has 7 aromatic rings. The average molecular weight is 1160 g/mol. The molecule has 1 unspecified atom stereocenters. The minimum Gasteiger partial charge on any atom is -0.497 e. The molecule has 1 aliphatic rings. The molecule has 8 rings (SSSR count). The summed E-state index contributed by atoms with van der Waals surface area (Å²) in [6, 6.07) is 28.6. The molecule has 0 aliphatic carbocycles. The van der Waals surface area contributed by atoms with Crippen molar-refractivity contribution in [1.82, 2.24) is 24.1 Å². The van der Waals surface area contributed by atoms with E-state index in [1.807, 2.05) is 131 Å². The van der Waals surface area contributed by atoms with Crippen molar-refractivity contribution in [2.45, 2.75) is 112 Å². The Balaban J connectivity index is 0.000000191. The van der Waals surface area contributed by atoms with E-state index >= 15 is 0 Å². The summed E-state index contributed by atoms with van der Waals surface area (Å²) in [5.41, 5.74) is 4.19. The molecule has 5 heterocycles. The van der Waals surface area contributed by atoms with Crippen LogP contribution in [-0.4, -0.2) is 102 Å². The number of amides is 1. The van der Waals surface area contributed by atoms with Gasteiger partial charge >= 0.3 is 27.9 Å². The van der Waals surface area contributed by atoms with Crippen LogP contribution in [0.4, 0.5) is 10.0 Å². The number of thiazole rings is 1. The van der Waals surface area contributed by atoms with Gasteiger partial charge in [-0.25, -0.2) is 9.78 Å². The molecule has 79 heavy (non-hydrogen) atoms. The molecule has 0 N–H and O–H groups in total. The topological polar surface area (TPSA) is 218 Å². The van der Waals surface area contributed by atoms with Crippen LogP contribution in [-0.2, 0) is 67.7 Å². The molecule has 0 radical (unpaired) electrons. The highest BCUT2D eigenvalue weighted by molar-refractivity contribution is 7.15. The number of benzene rings is 3. The fourth-order valence-corrected chi connectivity index (χ4v) is 10.9. The molecule has 0 spiro atoms. The zero-order chi connectivity index (χ0) is 57.6. The SMILES string of the molecule is CC(C)(C)OC(=O)CN(Cc1ccc(Cl)cc1)Cc1ccc([N+](=O)[O-])s1.CCOC(=O)C1Cc2ccccc2CN1C(=O)c1c(C)nc2sccn12.COc1ccc(CN(CC(=O)OC(C)(C)C)Cc2ccc([N+](=O)[O-])s2)cc1. The smallest absolute Gasteiger partial charge is 0.329 e. The number of carbonyl (C=O) groups is 4. The van der Waals surface area contributed by atoms with Gasteiger partial charge in [-0.3, -0.25) is 48.8 Å². The zero-order valence-corrected chi connectivity index (χ0v) is 48.7. The van der Waals surface area contributed by atoms with Crippen molar-refractivity contribution >= 4 is 84.4 Å². The Bertz CT molecular complexity index is 3210. The second-order valence-electron chi connectivity index (χ2n) is 20.2. The summed E-state index contributed by atoms with van der Waals surface area (Å²) in [5, 5.41) is 24.5. The molecule has 1 atom stereocenters. The van der Waals surface area contributed by atoms with Crippen molar-refractivity contribution in [2.24, 2.45) is 0 Å². The number of thiophene rings is 2. The van der Waals surface area contributed by atoms with Crippen LogP contribution in [0, 0.1) is 27.2 Å². The first-order valence-electron chi connectivity index (χ1n) is 25.1. The largest absolute Gasteiger partial charge is 0.497 e. The summed E-state index contributed by atoms with van der Waals surface area (Å²) in [5.74, 6) is -0.467. The van der Waals surface area contributed by atoms with Gasteiger partial charge < -0.3 is 23.8 Å². The lowest BCUT2D eigenvalue weighted by molar-refractivity contribution is -0.380. The summed E-state index contributed by atoms with van der Waals surface area (Å²) in [4.78, 5) is 83.7. The summed E-state index contributed by atoms with van der Waals surface area (Å²) in [6.45, 7) is 17.2. The lowest BCUT2D eigenvalue weighted by Crippen LogP contribution is -2.49. The third-order valence-electron chi connectivity index (χ3n) is 11.6. The van der Waals surface area contributed by atoms with Gasteiger partial charge in [0.25, 0.3) is 5.91 Å². The number of fused-ring (bicyclic) bond motifs is 2. The average Bonchev–Trinajstić information content (AvgIpc) is 4.43. The van der Waals surface area contributed by atoms with E-state index in [4.69, 9.17) is 30.5 Å². The molecule has 19 nitrogen and oxygen atoms in total. The van der Waals surface area contributed by atoms with Crippen LogP contribution in [0.15, 0.2) is 109 Å². The first-order valence-corrected chi connectivity index (χ1v) is 28.0. The highest BCUT2D eigenvalue weighted by Gasteiger charge is 2.38. The van der Waals surface area contributed by atoms with Crippen molar-refractivity contribution < 1.29 is 48.0 Å². The molecule has 420 valence electrons. The predicted octanol–water partition coefficient (Wildman–Crippen LogP) is 11.5. The monoisotopic (exact) mass is 1160 g/mol. The van der Waals surface area contributed by atoms with Crippen molar-refractivity contribution in [3.8, 4) is 5.75 Å². The molecule has 4 aromatic heterocycles. The molecule has 1 aliphatic heterocycles. The van der Waals surface area contributed by atoms with Gasteiger partial charge in [0.2, 0.25) is 0 Å². The van der Waals surface area contributed by atoms with Crippen molar-refractivity contribution in [1.29, 1.82) is 0 Å². The number of aryl methyl sites for hydroxylation is 1. The van der Waals surface area contributed by atoms with Crippen molar-refractivity contribution in [2.75, 3.05) is 26.8 Å². The van der Waals surface area contributed by atoms with Gasteiger partial charge in [-0.1, -0.05) is 82.8 Å². The second-order valence-corrected chi connectivity index (χ2v) is 23.8. The summed E-state index contributed by atoms with van der Waals surface area (Å²) in [6.07, 6.45) is 2.30. The highest BCUT2D eigenvalue weighted by atomic mass is 35.5. The lowest BCUT2D eigenvalue weighted by Gasteiger charge is -2.35. The van der Waals surface area contributed by atoms with E-state index in [0.717, 1.165) is 65.4 Å². The van der Waals surface area contributed by atoms with E-state index in [-0.39, 0.29) is 46.9 Å². The van der Waals surface area contributed by atoms with Crippen molar-refractivity contribution in [3.05, 3.63) is 177 Å². The summed E-state index contributed by atoms with van der Waals surface area (Å²) >= 11 is 9.62. The van der Waals surface area contributed by atoms with Gasteiger partial charge in [-0.15, -0.1) is 11.3 Å². The van der Waals surface area contributed by atoms with Gasteiger partial charge in [0, 0.05) is 77.6 Å². The Kier molecular flexibility index (Phi) is 21.4. The van der Waals surface area contributed by atoms with Gasteiger partial charge in [0.05, 0.1) is 42.3 Å². The maximum atomic E-state index is 13.4. The van der Waals surface area contributed by atoms with Crippen LogP contribution < -0.4 is 4.74 Å². The highest BCUT2D eigenvalue weighted by Crippen LogP contribution is 2.30. The number of ether oxygens (including phenoxy) is 4. The number of methoxy groups -OCH3 is 1. The van der Waals surface area contributed by atoms with Gasteiger partial charge in [0.1, 0.15) is 28.7 Å². The molecule has 0 fully saturated rings. The number of carbonyl (C=O) groups excluding carboxylic acids is 4. The van der Waals surface area contributed by atoms with E-state index < -0.39 is 27.1 Å². The first kappa shape index (κ1) is 61.1. The van der Waals surface area contributed by atoms with Gasteiger partial charge in [-0.05, 0) is 114 Å². The van der Waals surface area contributed by atoms with E-state index in [1.54, 1.807) is 47.6 Å². The number of aromatic nitrogens is 2. The van der Waals surface area contributed by atoms with E-state index in [9.17, 15) is 39.4 Å². The van der Waals surface area contributed by atoms with Crippen LogP contribution in [0.2, 0.25) is 5.02 Å². The normalized spacial score (nSPS) is 13.2. The second kappa shape index (κ2) is 27.7. The van der Waals surface area contributed by atoms with E-state index in [1.165, 1.54) is 23.5 Å². The number of hydrogen-bond donors (Lipinski definition) is 0. The molecule has 23 heteroatoms. The lowest BCUT2D eigenvalue weighted by atomic mass is 9.93. The number of hydrogen-bond acceptors (Lipinski definition) is 18. The Hall–Kier alpha value is -7.08. The molecule has 0 saturated carbocycles.